The zero-order valence-corrected chi connectivity index (χ0v) is 20.0. The number of nitriles is 1. The zero-order chi connectivity index (χ0) is 26.9. The molecule has 194 valence electrons. The van der Waals surface area contributed by atoms with Crippen LogP contribution in [0.4, 0.5) is 19.0 Å². The van der Waals surface area contributed by atoms with Crippen molar-refractivity contribution in [1.29, 1.82) is 5.26 Å². The smallest absolute Gasteiger partial charge is 0.421 e. The monoisotopic (exact) mass is 523 g/mol. The van der Waals surface area contributed by atoms with Crippen molar-refractivity contribution in [2.75, 3.05) is 31.1 Å². The van der Waals surface area contributed by atoms with E-state index in [4.69, 9.17) is 9.25 Å². The Balaban J connectivity index is 1.60. The summed E-state index contributed by atoms with van der Waals surface area (Å²) in [6.45, 7) is 3.59. The fourth-order valence-electron chi connectivity index (χ4n) is 4.14. The lowest BCUT2D eigenvalue weighted by Gasteiger charge is -2.30. The van der Waals surface area contributed by atoms with Gasteiger partial charge in [-0.1, -0.05) is 12.1 Å². The molecule has 3 aromatic heterocycles. The van der Waals surface area contributed by atoms with Crippen molar-refractivity contribution in [3.05, 3.63) is 60.1 Å². The molecule has 1 aliphatic heterocycles. The molecule has 1 saturated heterocycles. The minimum absolute atomic E-state index is 0.0731. The maximum Gasteiger partial charge on any atom is 0.493 e. The summed E-state index contributed by atoms with van der Waals surface area (Å²) in [6.07, 6.45) is -3.75. The fraction of sp³-hybridized carbons (Fsp3) is 0.240. The van der Waals surface area contributed by atoms with Gasteiger partial charge >= 0.3 is 12.1 Å². The number of carbonyl (C=O) groups is 1. The number of nitrogens with zero attached hydrogens (tertiary/aromatic N) is 6. The Morgan fingerprint density at radius 1 is 1.11 bits per heavy atom. The van der Waals surface area contributed by atoms with Crippen LogP contribution in [0, 0.1) is 18.3 Å². The van der Waals surface area contributed by atoms with Crippen LogP contribution in [-0.2, 0) is 4.79 Å². The van der Waals surface area contributed by atoms with E-state index in [1.807, 2.05) is 6.07 Å². The maximum atomic E-state index is 13.2. The zero-order valence-electron chi connectivity index (χ0n) is 20.0. The van der Waals surface area contributed by atoms with Crippen LogP contribution in [0.5, 0.6) is 0 Å². The minimum Gasteiger partial charge on any atom is -0.421 e. The summed E-state index contributed by atoms with van der Waals surface area (Å²) in [7, 11) is 0. The SMILES string of the molecule is Cc1nnc(-c2cccc(-c3cc(-c4cc(C#N)c(N5CCNCC5)n4OC(=O)C(F)(F)F)ccn3)c2)o1. The molecule has 0 aliphatic carbocycles. The Morgan fingerprint density at radius 2 is 1.87 bits per heavy atom. The Hall–Kier alpha value is -4.70. The number of nitrogens with one attached hydrogen (secondary N) is 1. The first-order valence-corrected chi connectivity index (χ1v) is 11.5. The molecule has 38 heavy (non-hydrogen) atoms. The molecule has 0 unspecified atom stereocenters. The van der Waals surface area contributed by atoms with Gasteiger partial charge in [0, 0.05) is 56.0 Å². The van der Waals surface area contributed by atoms with Gasteiger partial charge in [-0.25, -0.2) is 4.79 Å². The van der Waals surface area contributed by atoms with Crippen LogP contribution in [0.1, 0.15) is 11.5 Å². The molecule has 4 heterocycles. The second-order valence-corrected chi connectivity index (χ2v) is 8.42. The highest BCUT2D eigenvalue weighted by Gasteiger charge is 2.43. The molecule has 0 atom stereocenters. The number of aryl methyl sites for hydroxylation is 1. The van der Waals surface area contributed by atoms with E-state index in [0.29, 0.717) is 60.3 Å². The summed E-state index contributed by atoms with van der Waals surface area (Å²) in [5.41, 5.74) is 2.38. The number of anilines is 1. The van der Waals surface area contributed by atoms with Gasteiger partial charge in [0.2, 0.25) is 11.8 Å². The lowest BCUT2D eigenvalue weighted by Crippen LogP contribution is -2.45. The molecule has 1 N–H and O–H groups in total. The van der Waals surface area contributed by atoms with E-state index >= 15 is 0 Å². The summed E-state index contributed by atoms with van der Waals surface area (Å²) in [6, 6.07) is 13.8. The summed E-state index contributed by atoms with van der Waals surface area (Å²) < 4.78 is 45.9. The third-order valence-electron chi connectivity index (χ3n) is 5.86. The van der Waals surface area contributed by atoms with Crippen LogP contribution >= 0.6 is 0 Å². The molecular weight excluding hydrogens is 503 g/mol. The average Bonchev–Trinajstić information content (AvgIpc) is 3.52. The van der Waals surface area contributed by atoms with E-state index in [-0.39, 0.29) is 17.1 Å². The highest BCUT2D eigenvalue weighted by Crippen LogP contribution is 2.34. The first-order valence-electron chi connectivity index (χ1n) is 11.5. The lowest BCUT2D eigenvalue weighted by atomic mass is 10.0. The van der Waals surface area contributed by atoms with Gasteiger partial charge in [0.05, 0.1) is 17.0 Å². The topological polar surface area (TPSA) is 122 Å². The van der Waals surface area contributed by atoms with Crippen LogP contribution in [0.2, 0.25) is 0 Å². The summed E-state index contributed by atoms with van der Waals surface area (Å²) in [5, 5.41) is 20.8. The standard InChI is InChI=1S/C25H20F3N7O3/c1-15-32-33-22(37-15)18-4-2-3-16(11-18)20-12-17(5-6-31-20)21-13-19(14-29)23(34-9-7-30-8-10-34)35(21)38-24(36)25(26,27)28/h2-6,11-13,30H,7-10H2,1H3. The van der Waals surface area contributed by atoms with E-state index in [9.17, 15) is 23.2 Å². The van der Waals surface area contributed by atoms with E-state index in [0.717, 1.165) is 4.73 Å². The minimum atomic E-state index is -5.23. The molecule has 0 bridgehead atoms. The fourth-order valence-corrected chi connectivity index (χ4v) is 4.14. The number of carbonyl (C=O) groups excluding carboxylic acids is 1. The number of aromatic nitrogens is 4. The van der Waals surface area contributed by atoms with E-state index in [1.54, 1.807) is 48.2 Å². The Bertz CT molecular complexity index is 1530. The van der Waals surface area contributed by atoms with Crippen LogP contribution in [0.25, 0.3) is 34.0 Å². The predicted octanol–water partition coefficient (Wildman–Crippen LogP) is 3.37. The van der Waals surface area contributed by atoms with E-state index in [1.165, 1.54) is 12.3 Å². The van der Waals surface area contributed by atoms with Crippen LogP contribution in [-0.4, -0.2) is 58.2 Å². The molecule has 13 heteroatoms. The molecule has 0 spiro atoms. The third kappa shape index (κ3) is 4.94. The van der Waals surface area contributed by atoms with Gasteiger partial charge in [0.15, 0.2) is 5.82 Å². The van der Waals surface area contributed by atoms with Crippen molar-refractivity contribution in [3.8, 4) is 40.0 Å². The molecular formula is C25H20F3N7O3. The molecule has 10 nitrogen and oxygen atoms in total. The highest BCUT2D eigenvalue weighted by molar-refractivity contribution is 5.79. The van der Waals surface area contributed by atoms with Gasteiger partial charge in [-0.3, -0.25) is 4.98 Å². The Kier molecular flexibility index (Phi) is 6.56. The van der Waals surface area contributed by atoms with Gasteiger partial charge < -0.3 is 19.5 Å². The number of hydrogen-bond donors (Lipinski definition) is 1. The summed E-state index contributed by atoms with van der Waals surface area (Å²) >= 11 is 0. The summed E-state index contributed by atoms with van der Waals surface area (Å²) in [5.74, 6) is -1.58. The van der Waals surface area contributed by atoms with Crippen molar-refractivity contribution < 1.29 is 27.2 Å². The Labute approximate surface area is 214 Å². The van der Waals surface area contributed by atoms with Crippen molar-refractivity contribution in [1.82, 2.24) is 25.2 Å². The lowest BCUT2D eigenvalue weighted by molar-refractivity contribution is -0.199. The molecule has 0 radical (unpaired) electrons. The normalized spacial score (nSPS) is 13.8. The van der Waals surface area contributed by atoms with Gasteiger partial charge in [0.25, 0.3) is 0 Å². The number of alkyl halides is 3. The largest absolute Gasteiger partial charge is 0.493 e. The number of piperazine rings is 1. The first-order chi connectivity index (χ1) is 18.2. The van der Waals surface area contributed by atoms with E-state index in [2.05, 4.69) is 20.5 Å². The van der Waals surface area contributed by atoms with Gasteiger partial charge in [0.1, 0.15) is 6.07 Å². The van der Waals surface area contributed by atoms with Crippen molar-refractivity contribution in [2.45, 2.75) is 13.1 Å². The number of benzene rings is 1. The van der Waals surface area contributed by atoms with Crippen LogP contribution < -0.4 is 15.1 Å². The maximum absolute atomic E-state index is 13.2. The van der Waals surface area contributed by atoms with Crippen molar-refractivity contribution in [3.63, 3.8) is 0 Å². The molecule has 5 rings (SSSR count). The molecule has 0 saturated carbocycles. The first kappa shape index (κ1) is 25.0. The number of hydrogen-bond acceptors (Lipinski definition) is 9. The quantitative estimate of drug-likeness (QED) is 0.420. The summed E-state index contributed by atoms with van der Waals surface area (Å²) in [4.78, 5) is 22.9. The van der Waals surface area contributed by atoms with Crippen molar-refractivity contribution >= 4 is 11.8 Å². The molecule has 4 aromatic rings. The molecule has 0 amide bonds. The van der Waals surface area contributed by atoms with Crippen LogP contribution in [0.3, 0.4) is 0 Å². The second kappa shape index (κ2) is 9.98. The average molecular weight is 523 g/mol. The van der Waals surface area contributed by atoms with Gasteiger partial charge in [-0.05, 0) is 30.3 Å². The number of rotatable bonds is 5. The number of halogens is 3. The second-order valence-electron chi connectivity index (χ2n) is 8.42. The predicted molar refractivity (Wildman–Crippen MR) is 129 cm³/mol. The van der Waals surface area contributed by atoms with E-state index < -0.39 is 12.1 Å². The molecule has 1 fully saturated rings. The third-order valence-corrected chi connectivity index (χ3v) is 5.86. The Morgan fingerprint density at radius 3 is 2.55 bits per heavy atom. The van der Waals surface area contributed by atoms with Gasteiger partial charge in [-0.15, -0.1) is 10.2 Å². The van der Waals surface area contributed by atoms with Crippen molar-refractivity contribution in [2.24, 2.45) is 0 Å². The highest BCUT2D eigenvalue weighted by atomic mass is 19.4. The van der Waals surface area contributed by atoms with Crippen LogP contribution in [0.15, 0.2) is 53.1 Å². The molecule has 1 aromatic carbocycles. The van der Waals surface area contributed by atoms with Gasteiger partial charge in [-0.2, -0.15) is 23.2 Å². The molecule has 1 aliphatic rings. The number of pyridine rings is 1.